The Kier molecular flexibility index (Phi) is 2.19. The SMILES string of the molecule is Cc1ccc(-c2ccncc2)cc1O. The quantitative estimate of drug-likeness (QED) is 0.741. The van der Waals surface area contributed by atoms with Crippen LogP contribution in [-0.4, -0.2) is 10.1 Å². The minimum Gasteiger partial charge on any atom is -0.508 e. The van der Waals surface area contributed by atoms with E-state index in [0.29, 0.717) is 5.75 Å². The fourth-order valence-electron chi connectivity index (χ4n) is 1.33. The van der Waals surface area contributed by atoms with Crippen LogP contribution < -0.4 is 0 Å². The van der Waals surface area contributed by atoms with Crippen molar-refractivity contribution in [3.05, 3.63) is 48.3 Å². The zero-order valence-corrected chi connectivity index (χ0v) is 7.94. The van der Waals surface area contributed by atoms with Crippen LogP contribution in [0.2, 0.25) is 0 Å². The Labute approximate surface area is 82.9 Å². The van der Waals surface area contributed by atoms with E-state index in [-0.39, 0.29) is 0 Å². The first-order chi connectivity index (χ1) is 6.77. The van der Waals surface area contributed by atoms with Crippen molar-refractivity contribution in [2.24, 2.45) is 0 Å². The highest BCUT2D eigenvalue weighted by atomic mass is 16.3. The van der Waals surface area contributed by atoms with Gasteiger partial charge in [-0.1, -0.05) is 12.1 Å². The van der Waals surface area contributed by atoms with Gasteiger partial charge in [0.25, 0.3) is 0 Å². The number of phenols is 1. The maximum absolute atomic E-state index is 9.55. The van der Waals surface area contributed by atoms with Crippen molar-refractivity contribution >= 4 is 0 Å². The fourth-order valence-corrected chi connectivity index (χ4v) is 1.33. The summed E-state index contributed by atoms with van der Waals surface area (Å²) in [5.41, 5.74) is 2.97. The van der Waals surface area contributed by atoms with Crippen LogP contribution in [0.4, 0.5) is 0 Å². The normalized spacial score (nSPS) is 10.1. The first-order valence-electron chi connectivity index (χ1n) is 4.47. The first-order valence-corrected chi connectivity index (χ1v) is 4.47. The topological polar surface area (TPSA) is 33.1 Å². The number of aromatic hydroxyl groups is 1. The molecule has 0 saturated heterocycles. The molecular weight excluding hydrogens is 174 g/mol. The summed E-state index contributed by atoms with van der Waals surface area (Å²) in [6.45, 7) is 1.88. The lowest BCUT2D eigenvalue weighted by Gasteiger charge is -2.03. The second-order valence-electron chi connectivity index (χ2n) is 3.24. The Morgan fingerprint density at radius 3 is 2.36 bits per heavy atom. The van der Waals surface area contributed by atoms with Gasteiger partial charge in [-0.2, -0.15) is 0 Å². The van der Waals surface area contributed by atoms with E-state index in [2.05, 4.69) is 4.98 Å². The lowest BCUT2D eigenvalue weighted by atomic mass is 10.1. The summed E-state index contributed by atoms with van der Waals surface area (Å²) < 4.78 is 0. The Hall–Kier alpha value is -1.83. The van der Waals surface area contributed by atoms with E-state index in [9.17, 15) is 5.11 Å². The molecule has 0 fully saturated rings. The Bertz CT molecular complexity index is 437. The molecule has 70 valence electrons. The van der Waals surface area contributed by atoms with Crippen molar-refractivity contribution in [3.63, 3.8) is 0 Å². The minimum atomic E-state index is 0.333. The maximum atomic E-state index is 9.55. The molecule has 0 aliphatic carbocycles. The average molecular weight is 185 g/mol. The number of nitrogens with zero attached hydrogens (tertiary/aromatic N) is 1. The molecule has 0 aliphatic heterocycles. The van der Waals surface area contributed by atoms with Gasteiger partial charge in [0, 0.05) is 12.4 Å². The van der Waals surface area contributed by atoms with Crippen LogP contribution >= 0.6 is 0 Å². The second-order valence-corrected chi connectivity index (χ2v) is 3.24. The van der Waals surface area contributed by atoms with Gasteiger partial charge in [-0.15, -0.1) is 0 Å². The van der Waals surface area contributed by atoms with Gasteiger partial charge in [0.1, 0.15) is 5.75 Å². The van der Waals surface area contributed by atoms with Crippen LogP contribution in [0.5, 0.6) is 5.75 Å². The van der Waals surface area contributed by atoms with E-state index >= 15 is 0 Å². The van der Waals surface area contributed by atoms with Crippen molar-refractivity contribution in [1.29, 1.82) is 0 Å². The van der Waals surface area contributed by atoms with Gasteiger partial charge >= 0.3 is 0 Å². The Balaban J connectivity index is 2.48. The molecule has 1 aromatic heterocycles. The van der Waals surface area contributed by atoms with Crippen LogP contribution in [-0.2, 0) is 0 Å². The highest BCUT2D eigenvalue weighted by Gasteiger charge is 2.00. The van der Waals surface area contributed by atoms with Gasteiger partial charge in [0.2, 0.25) is 0 Å². The summed E-state index contributed by atoms with van der Waals surface area (Å²) in [6.07, 6.45) is 3.48. The number of benzene rings is 1. The molecule has 2 heteroatoms. The smallest absolute Gasteiger partial charge is 0.119 e. The number of aromatic nitrogens is 1. The summed E-state index contributed by atoms with van der Waals surface area (Å²) in [5.74, 6) is 0.333. The highest BCUT2D eigenvalue weighted by Crippen LogP contribution is 2.25. The lowest BCUT2D eigenvalue weighted by Crippen LogP contribution is -1.80. The van der Waals surface area contributed by atoms with Crippen LogP contribution in [0, 0.1) is 6.92 Å². The lowest BCUT2D eigenvalue weighted by molar-refractivity contribution is 0.471. The third-order valence-corrected chi connectivity index (χ3v) is 2.22. The van der Waals surface area contributed by atoms with Gasteiger partial charge in [-0.05, 0) is 41.8 Å². The Morgan fingerprint density at radius 2 is 1.71 bits per heavy atom. The van der Waals surface area contributed by atoms with Crippen LogP contribution in [0.25, 0.3) is 11.1 Å². The van der Waals surface area contributed by atoms with E-state index in [1.165, 1.54) is 0 Å². The van der Waals surface area contributed by atoms with Gasteiger partial charge in [-0.3, -0.25) is 4.98 Å². The molecule has 0 saturated carbocycles. The van der Waals surface area contributed by atoms with Crippen LogP contribution in [0.3, 0.4) is 0 Å². The third-order valence-electron chi connectivity index (χ3n) is 2.22. The predicted molar refractivity (Wildman–Crippen MR) is 56.1 cm³/mol. The van der Waals surface area contributed by atoms with Crippen molar-refractivity contribution in [3.8, 4) is 16.9 Å². The molecule has 0 spiro atoms. The number of hydrogen-bond acceptors (Lipinski definition) is 2. The number of phenolic OH excluding ortho intramolecular Hbond substituents is 1. The van der Waals surface area contributed by atoms with Gasteiger partial charge in [0.15, 0.2) is 0 Å². The van der Waals surface area contributed by atoms with Gasteiger partial charge in [0.05, 0.1) is 0 Å². The average Bonchev–Trinajstić information content (AvgIpc) is 2.23. The summed E-state index contributed by atoms with van der Waals surface area (Å²) in [6, 6.07) is 9.51. The molecule has 0 bridgehead atoms. The molecule has 1 aromatic carbocycles. The number of pyridine rings is 1. The maximum Gasteiger partial charge on any atom is 0.119 e. The summed E-state index contributed by atoms with van der Waals surface area (Å²) >= 11 is 0. The van der Waals surface area contributed by atoms with Crippen molar-refractivity contribution in [1.82, 2.24) is 4.98 Å². The van der Waals surface area contributed by atoms with Crippen LogP contribution in [0.1, 0.15) is 5.56 Å². The van der Waals surface area contributed by atoms with Crippen molar-refractivity contribution < 1.29 is 5.11 Å². The van der Waals surface area contributed by atoms with E-state index in [0.717, 1.165) is 16.7 Å². The molecule has 0 amide bonds. The third kappa shape index (κ3) is 1.59. The zero-order chi connectivity index (χ0) is 9.97. The largest absolute Gasteiger partial charge is 0.508 e. The summed E-state index contributed by atoms with van der Waals surface area (Å²) in [7, 11) is 0. The molecule has 0 atom stereocenters. The summed E-state index contributed by atoms with van der Waals surface area (Å²) in [5, 5.41) is 9.55. The fraction of sp³-hybridized carbons (Fsp3) is 0.0833. The second kappa shape index (κ2) is 3.50. The monoisotopic (exact) mass is 185 g/mol. The molecule has 0 radical (unpaired) electrons. The minimum absolute atomic E-state index is 0.333. The molecule has 1 heterocycles. The number of aryl methyl sites for hydroxylation is 1. The molecule has 1 N–H and O–H groups in total. The van der Waals surface area contributed by atoms with Crippen LogP contribution in [0.15, 0.2) is 42.7 Å². The first kappa shape index (κ1) is 8.75. The molecule has 0 aliphatic rings. The van der Waals surface area contributed by atoms with E-state index < -0.39 is 0 Å². The Morgan fingerprint density at radius 1 is 1.00 bits per heavy atom. The molecule has 2 rings (SSSR count). The number of rotatable bonds is 1. The predicted octanol–water partition coefficient (Wildman–Crippen LogP) is 2.76. The van der Waals surface area contributed by atoms with E-state index in [1.807, 2.05) is 31.2 Å². The summed E-state index contributed by atoms with van der Waals surface area (Å²) in [4.78, 5) is 3.95. The molecular formula is C12H11NO. The molecule has 2 aromatic rings. The molecule has 2 nitrogen and oxygen atoms in total. The van der Waals surface area contributed by atoms with E-state index in [4.69, 9.17) is 0 Å². The highest BCUT2D eigenvalue weighted by molar-refractivity contribution is 5.65. The molecule has 0 unspecified atom stereocenters. The molecule has 14 heavy (non-hydrogen) atoms. The van der Waals surface area contributed by atoms with Gasteiger partial charge < -0.3 is 5.11 Å². The van der Waals surface area contributed by atoms with Crippen molar-refractivity contribution in [2.45, 2.75) is 6.92 Å². The zero-order valence-electron chi connectivity index (χ0n) is 7.94. The van der Waals surface area contributed by atoms with Crippen molar-refractivity contribution in [2.75, 3.05) is 0 Å². The van der Waals surface area contributed by atoms with E-state index in [1.54, 1.807) is 18.5 Å². The number of hydrogen-bond donors (Lipinski definition) is 1. The standard InChI is InChI=1S/C12H11NO/c1-9-2-3-11(8-12(9)14)10-4-6-13-7-5-10/h2-8,14H,1H3. The van der Waals surface area contributed by atoms with Gasteiger partial charge in [-0.25, -0.2) is 0 Å².